The Balaban J connectivity index is 0.00000104. The molecule has 0 aliphatic heterocycles. The van der Waals surface area contributed by atoms with Crippen LogP contribution in [0, 0.1) is 0 Å². The number of carboxylic acid groups (broad SMARTS) is 1. The molecule has 3 atom stereocenters. The van der Waals surface area contributed by atoms with E-state index in [4.69, 9.17) is 52.7 Å². The number of phenols is 1. The van der Waals surface area contributed by atoms with Crippen molar-refractivity contribution < 1.29 is 54.4 Å². The van der Waals surface area contributed by atoms with E-state index in [2.05, 4.69) is 5.32 Å². The lowest BCUT2D eigenvalue weighted by Gasteiger charge is -2.14. The number of rotatable bonds is 26. The van der Waals surface area contributed by atoms with E-state index < -0.39 is 30.1 Å². The van der Waals surface area contributed by atoms with E-state index in [1.54, 1.807) is 12.1 Å². The molecule has 0 saturated carbocycles. The van der Waals surface area contributed by atoms with Crippen LogP contribution in [-0.2, 0) is 37.0 Å². The minimum Gasteiger partial charge on any atom is -0.508 e. The summed E-state index contributed by atoms with van der Waals surface area (Å²) in [4.78, 5) is 20.1. The van der Waals surface area contributed by atoms with Gasteiger partial charge in [-0.2, -0.15) is 0 Å². The standard InChI is InChI=1S/C30H45Cl2NO6.C5H8O5/c31-27-10-9-11-28(32)26(27)23-39-19-18-38-17-8-4-3-7-16-37-15-6-2-1-5-14-33-21-30(36)24-12-13-29(35)25(20-24)22-34;1-2(6)3(7)4(8)5(9)10/h9-13,20,30,33-36H,1-8,14-19,21-23H2;3-4,7-8H,1H3,(H,9,10)/t30-;3-,4+/m00/s1. The number of carbonyl (C=O) groups is 2. The van der Waals surface area contributed by atoms with Crippen LogP contribution < -0.4 is 5.32 Å². The van der Waals surface area contributed by atoms with Gasteiger partial charge < -0.3 is 50.2 Å². The first kappa shape index (κ1) is 44.7. The monoisotopic (exact) mass is 733 g/mol. The zero-order valence-corrected chi connectivity index (χ0v) is 29.7. The van der Waals surface area contributed by atoms with Gasteiger partial charge in [-0.1, -0.05) is 61.0 Å². The predicted octanol–water partition coefficient (Wildman–Crippen LogP) is 4.57. The number of aliphatic carboxylic acids is 1. The lowest BCUT2D eigenvalue weighted by molar-refractivity contribution is -0.156. The Kier molecular flexibility index (Phi) is 25.0. The second-order valence-electron chi connectivity index (χ2n) is 11.4. The summed E-state index contributed by atoms with van der Waals surface area (Å²) in [6.07, 6.45) is 4.28. The second kappa shape index (κ2) is 27.4. The van der Waals surface area contributed by atoms with E-state index in [0.29, 0.717) is 47.5 Å². The third kappa shape index (κ3) is 20.2. The third-order valence-electron chi connectivity index (χ3n) is 7.36. The predicted molar refractivity (Wildman–Crippen MR) is 187 cm³/mol. The maximum Gasteiger partial charge on any atom is 0.335 e. The molecule has 7 N–H and O–H groups in total. The molecule has 12 nitrogen and oxygen atoms in total. The van der Waals surface area contributed by atoms with E-state index in [0.717, 1.165) is 90.2 Å². The van der Waals surface area contributed by atoms with Crippen LogP contribution in [0.5, 0.6) is 5.75 Å². The molecular formula is C35H53Cl2NO11. The molecule has 2 aromatic carbocycles. The summed E-state index contributed by atoms with van der Waals surface area (Å²) in [5.74, 6) is -2.33. The average Bonchev–Trinajstić information content (AvgIpc) is 3.08. The fourth-order valence-corrected chi connectivity index (χ4v) is 4.90. The van der Waals surface area contributed by atoms with Crippen LogP contribution in [0.4, 0.5) is 0 Å². The molecule has 0 radical (unpaired) electrons. The molecule has 0 unspecified atom stereocenters. The molecule has 0 heterocycles. The summed E-state index contributed by atoms with van der Waals surface area (Å²) in [5.41, 5.74) is 1.93. The molecule has 0 aliphatic carbocycles. The lowest BCUT2D eigenvalue weighted by atomic mass is 10.1. The number of Topliss-reactive ketones (excluding diaryl/α,β-unsaturated/α-hetero) is 1. The Morgan fingerprint density at radius 2 is 1.33 bits per heavy atom. The molecule has 0 bridgehead atoms. The SMILES string of the molecule is CC(=O)[C@H](O)[C@@H](O)C(=O)O.OCc1cc([C@@H](O)CNCCCCCCOCCCCCCOCCOCc2c(Cl)cccc2Cl)ccc1O. The fourth-order valence-electron chi connectivity index (χ4n) is 4.39. The van der Waals surface area contributed by atoms with Crippen LogP contribution in [0.25, 0.3) is 0 Å². The number of benzene rings is 2. The molecule has 0 aliphatic rings. The molecule has 0 fully saturated rings. The summed E-state index contributed by atoms with van der Waals surface area (Å²) in [6.45, 7) is 5.87. The molecule has 0 spiro atoms. The van der Waals surface area contributed by atoms with Crippen LogP contribution in [0.3, 0.4) is 0 Å². The van der Waals surface area contributed by atoms with Gasteiger partial charge in [0.1, 0.15) is 11.9 Å². The number of carboxylic acids is 1. The number of ether oxygens (including phenoxy) is 3. The van der Waals surface area contributed by atoms with Gasteiger partial charge in [-0.3, -0.25) is 4.79 Å². The number of nitrogens with one attached hydrogen (secondary N) is 1. The quantitative estimate of drug-likeness (QED) is 0.0667. The summed E-state index contributed by atoms with van der Waals surface area (Å²) in [5, 5.41) is 58.7. The smallest absolute Gasteiger partial charge is 0.335 e. The van der Waals surface area contributed by atoms with Gasteiger partial charge in [-0.05, 0) is 69.0 Å². The molecule has 278 valence electrons. The first-order chi connectivity index (χ1) is 23.5. The third-order valence-corrected chi connectivity index (χ3v) is 8.07. The van der Waals surface area contributed by atoms with Crippen LogP contribution in [-0.4, -0.2) is 101 Å². The van der Waals surface area contributed by atoms with Crippen molar-refractivity contribution in [3.63, 3.8) is 0 Å². The lowest BCUT2D eigenvalue weighted by Crippen LogP contribution is -2.38. The highest BCUT2D eigenvalue weighted by Crippen LogP contribution is 2.25. The van der Waals surface area contributed by atoms with Crippen LogP contribution in [0.15, 0.2) is 36.4 Å². The van der Waals surface area contributed by atoms with Crippen molar-refractivity contribution in [2.75, 3.05) is 46.1 Å². The van der Waals surface area contributed by atoms with Crippen molar-refractivity contribution in [1.82, 2.24) is 5.32 Å². The number of carbonyl (C=O) groups excluding carboxylic acids is 1. The van der Waals surface area contributed by atoms with E-state index in [-0.39, 0.29) is 12.4 Å². The number of hydrogen-bond donors (Lipinski definition) is 7. The number of aliphatic hydroxyl groups is 4. The van der Waals surface area contributed by atoms with Crippen molar-refractivity contribution >= 4 is 35.0 Å². The summed E-state index contributed by atoms with van der Waals surface area (Å²) < 4.78 is 17.0. The summed E-state index contributed by atoms with van der Waals surface area (Å²) in [6, 6.07) is 10.3. The van der Waals surface area contributed by atoms with Crippen molar-refractivity contribution in [2.24, 2.45) is 0 Å². The largest absolute Gasteiger partial charge is 0.508 e. The summed E-state index contributed by atoms with van der Waals surface area (Å²) in [7, 11) is 0. The average molecular weight is 735 g/mol. The number of halogens is 2. The Morgan fingerprint density at radius 3 is 1.86 bits per heavy atom. The van der Waals surface area contributed by atoms with E-state index in [1.165, 1.54) is 6.07 Å². The van der Waals surface area contributed by atoms with Gasteiger partial charge in [-0.25, -0.2) is 4.79 Å². The Morgan fingerprint density at radius 1 is 0.776 bits per heavy atom. The highest BCUT2D eigenvalue weighted by Gasteiger charge is 2.26. The molecule has 2 rings (SSSR count). The minimum atomic E-state index is -2.02. The van der Waals surface area contributed by atoms with E-state index in [1.807, 2.05) is 18.2 Å². The van der Waals surface area contributed by atoms with Crippen molar-refractivity contribution in [3.8, 4) is 5.75 Å². The van der Waals surface area contributed by atoms with Crippen LogP contribution in [0.2, 0.25) is 10.0 Å². The number of ketones is 1. The molecule has 14 heteroatoms. The highest BCUT2D eigenvalue weighted by molar-refractivity contribution is 6.35. The van der Waals surface area contributed by atoms with Gasteiger partial charge in [0.15, 0.2) is 11.9 Å². The summed E-state index contributed by atoms with van der Waals surface area (Å²) >= 11 is 12.3. The number of aliphatic hydroxyl groups excluding tert-OH is 4. The van der Waals surface area contributed by atoms with E-state index in [9.17, 15) is 24.9 Å². The maximum atomic E-state index is 10.3. The zero-order chi connectivity index (χ0) is 36.4. The Hall–Kier alpha value is -2.36. The van der Waals surface area contributed by atoms with Crippen molar-refractivity contribution in [3.05, 3.63) is 63.1 Å². The topological polar surface area (TPSA) is 195 Å². The van der Waals surface area contributed by atoms with Crippen molar-refractivity contribution in [2.45, 2.75) is 89.8 Å². The first-order valence-electron chi connectivity index (χ1n) is 16.6. The molecule has 0 saturated heterocycles. The molecule has 0 aromatic heterocycles. The number of aromatic hydroxyl groups is 1. The molecular weight excluding hydrogens is 681 g/mol. The fraction of sp³-hybridized carbons (Fsp3) is 0.600. The first-order valence-corrected chi connectivity index (χ1v) is 17.3. The van der Waals surface area contributed by atoms with Crippen LogP contribution >= 0.6 is 23.2 Å². The van der Waals surface area contributed by atoms with Gasteiger partial charge in [0.25, 0.3) is 0 Å². The normalized spacial score (nSPS) is 13.0. The molecule has 0 amide bonds. The number of hydrogen-bond acceptors (Lipinski definition) is 11. The second-order valence-corrected chi connectivity index (χ2v) is 12.2. The van der Waals surface area contributed by atoms with Crippen LogP contribution in [0.1, 0.15) is 81.1 Å². The number of unbranched alkanes of at least 4 members (excludes halogenated alkanes) is 6. The minimum absolute atomic E-state index is 0.0442. The Labute approximate surface area is 298 Å². The van der Waals surface area contributed by atoms with Crippen molar-refractivity contribution in [1.29, 1.82) is 0 Å². The highest BCUT2D eigenvalue weighted by atomic mass is 35.5. The van der Waals surface area contributed by atoms with Gasteiger partial charge >= 0.3 is 5.97 Å². The van der Waals surface area contributed by atoms with E-state index >= 15 is 0 Å². The van der Waals surface area contributed by atoms with Gasteiger partial charge in [0, 0.05) is 47.5 Å². The van der Waals surface area contributed by atoms with Gasteiger partial charge in [0.2, 0.25) is 0 Å². The van der Waals surface area contributed by atoms with Gasteiger partial charge in [-0.15, -0.1) is 0 Å². The Bertz CT molecular complexity index is 1170. The zero-order valence-electron chi connectivity index (χ0n) is 28.2. The molecule has 49 heavy (non-hydrogen) atoms. The van der Waals surface area contributed by atoms with Gasteiger partial charge in [0.05, 0.1) is 32.5 Å². The molecule has 2 aromatic rings. The maximum absolute atomic E-state index is 10.3.